The normalized spacial score (nSPS) is 15.1. The van der Waals surface area contributed by atoms with Crippen LogP contribution in [0.4, 0.5) is 0 Å². The molecule has 0 atom stereocenters. The lowest BCUT2D eigenvalue weighted by atomic mass is 10.2. The van der Waals surface area contributed by atoms with E-state index in [0.29, 0.717) is 0 Å². The van der Waals surface area contributed by atoms with Crippen molar-refractivity contribution in [1.82, 2.24) is 9.80 Å². The van der Waals surface area contributed by atoms with Gasteiger partial charge in [0.15, 0.2) is 0 Å². The first kappa shape index (κ1) is 20.9. The van der Waals surface area contributed by atoms with Gasteiger partial charge in [-0.3, -0.25) is 0 Å². The molecule has 0 radical (unpaired) electrons. The second-order valence-corrected chi connectivity index (χ2v) is 5.01. The molecule has 1 fully saturated rings. The highest BCUT2D eigenvalue weighted by molar-refractivity contribution is 5.20. The molecule has 2 rings (SSSR count). The average molecular weight is 309 g/mol. The Bertz CT molecular complexity index is 321. The average Bonchev–Trinajstić information content (AvgIpc) is 2.61. The number of unbranched alkanes of at least 4 members (excludes halogenated alkanes) is 1. The molecule has 1 aromatic carbocycles. The Morgan fingerprint density at radius 3 is 2.05 bits per heavy atom. The minimum Gasteiger partial charge on any atom is -0.494 e. The first-order valence-electron chi connectivity index (χ1n) is 8.93. The van der Waals surface area contributed by atoms with Crippen LogP contribution in [0.3, 0.4) is 0 Å². The first-order chi connectivity index (χ1) is 10.8. The van der Waals surface area contributed by atoms with E-state index in [4.69, 9.17) is 4.74 Å². The summed E-state index contributed by atoms with van der Waals surface area (Å²) in [6.45, 7) is 14.9. The predicted octanol–water partition coefficient (Wildman–Crippen LogP) is 4.15. The Morgan fingerprint density at radius 2 is 1.45 bits per heavy atom. The fourth-order valence-electron chi connectivity index (χ4n) is 2.22. The van der Waals surface area contributed by atoms with Gasteiger partial charge in [0.1, 0.15) is 5.75 Å². The molecule has 22 heavy (non-hydrogen) atoms. The van der Waals surface area contributed by atoms with Gasteiger partial charge in [-0.05, 0) is 38.6 Å². The van der Waals surface area contributed by atoms with Crippen LogP contribution in [0.25, 0.3) is 0 Å². The van der Waals surface area contributed by atoms with Crippen molar-refractivity contribution in [3.05, 3.63) is 30.3 Å². The molecule has 0 saturated carbocycles. The molecule has 128 valence electrons. The van der Waals surface area contributed by atoms with Crippen LogP contribution in [0.15, 0.2) is 30.3 Å². The zero-order valence-corrected chi connectivity index (χ0v) is 15.3. The molecule has 1 heterocycles. The summed E-state index contributed by atoms with van der Waals surface area (Å²) in [5.41, 5.74) is 0. The Hall–Kier alpha value is -1.06. The lowest BCUT2D eigenvalue weighted by Crippen LogP contribution is -2.44. The second-order valence-electron chi connectivity index (χ2n) is 5.01. The van der Waals surface area contributed by atoms with Crippen LogP contribution < -0.4 is 4.74 Å². The van der Waals surface area contributed by atoms with Crippen LogP contribution in [-0.4, -0.2) is 56.2 Å². The zero-order valence-electron chi connectivity index (χ0n) is 15.3. The molecular formula is C19H36N2O. The summed E-state index contributed by atoms with van der Waals surface area (Å²) in [6, 6.07) is 10.1. The van der Waals surface area contributed by atoms with Gasteiger partial charge in [-0.2, -0.15) is 0 Å². The third-order valence-electron chi connectivity index (χ3n) is 3.48. The molecule has 0 N–H and O–H groups in total. The van der Waals surface area contributed by atoms with Crippen molar-refractivity contribution in [1.29, 1.82) is 0 Å². The Kier molecular flexibility index (Phi) is 14.1. The van der Waals surface area contributed by atoms with Crippen molar-refractivity contribution in [3.63, 3.8) is 0 Å². The number of benzene rings is 1. The molecule has 3 nitrogen and oxygen atoms in total. The molecule has 3 heteroatoms. The molecule has 1 saturated heterocycles. The molecule has 0 amide bonds. The summed E-state index contributed by atoms with van der Waals surface area (Å²) in [5, 5.41) is 0. The smallest absolute Gasteiger partial charge is 0.119 e. The van der Waals surface area contributed by atoms with Crippen LogP contribution in [0, 0.1) is 0 Å². The maximum atomic E-state index is 5.69. The van der Waals surface area contributed by atoms with E-state index in [0.717, 1.165) is 18.8 Å². The number of piperazine rings is 1. The highest BCUT2D eigenvalue weighted by Gasteiger charge is 2.12. The van der Waals surface area contributed by atoms with Crippen molar-refractivity contribution < 1.29 is 4.74 Å². The summed E-state index contributed by atoms with van der Waals surface area (Å²) < 4.78 is 5.69. The number of hydrogen-bond acceptors (Lipinski definition) is 3. The summed E-state index contributed by atoms with van der Waals surface area (Å²) in [6.07, 6.45) is 2.37. The molecule has 0 spiro atoms. The molecular weight excluding hydrogens is 272 g/mol. The van der Waals surface area contributed by atoms with E-state index in [-0.39, 0.29) is 0 Å². The van der Waals surface area contributed by atoms with E-state index in [1.807, 2.05) is 58.0 Å². The second kappa shape index (κ2) is 14.9. The highest BCUT2D eigenvalue weighted by Crippen LogP contribution is 2.09. The van der Waals surface area contributed by atoms with Crippen molar-refractivity contribution in [2.45, 2.75) is 40.5 Å². The van der Waals surface area contributed by atoms with Crippen molar-refractivity contribution in [3.8, 4) is 5.75 Å². The summed E-state index contributed by atoms with van der Waals surface area (Å²) in [5.74, 6) is 0.983. The molecule has 1 aromatic rings. The van der Waals surface area contributed by atoms with E-state index in [1.54, 1.807) is 0 Å². The summed E-state index contributed by atoms with van der Waals surface area (Å²) >= 11 is 0. The van der Waals surface area contributed by atoms with E-state index in [9.17, 15) is 0 Å². The van der Waals surface area contributed by atoms with E-state index >= 15 is 0 Å². The summed E-state index contributed by atoms with van der Waals surface area (Å²) in [4.78, 5) is 4.96. The van der Waals surface area contributed by atoms with Gasteiger partial charge < -0.3 is 14.5 Å². The van der Waals surface area contributed by atoms with Crippen LogP contribution in [0.1, 0.15) is 40.5 Å². The molecule has 0 unspecified atom stereocenters. The maximum absolute atomic E-state index is 5.69. The van der Waals surface area contributed by atoms with Crippen LogP contribution >= 0.6 is 0 Å². The van der Waals surface area contributed by atoms with Gasteiger partial charge in [-0.15, -0.1) is 0 Å². The fraction of sp³-hybridized carbons (Fsp3) is 0.684. The largest absolute Gasteiger partial charge is 0.494 e. The van der Waals surface area contributed by atoms with Crippen molar-refractivity contribution in [2.75, 3.05) is 46.4 Å². The minimum atomic E-state index is 0.831. The van der Waals surface area contributed by atoms with Gasteiger partial charge in [-0.25, -0.2) is 0 Å². The Morgan fingerprint density at radius 1 is 0.864 bits per heavy atom. The van der Waals surface area contributed by atoms with Crippen LogP contribution in [-0.2, 0) is 0 Å². The van der Waals surface area contributed by atoms with Gasteiger partial charge in [0.2, 0.25) is 0 Å². The standard InChI is InChI=1S/C15H24N2O.2C2H6/c1-16-10-12-17(13-11-16)9-5-6-14-18-15-7-3-2-4-8-15;2*1-2/h2-4,7-8H,5-6,9-14H2,1H3;2*1-2H3. The SMILES string of the molecule is CC.CC.CN1CCN(CCCCOc2ccccc2)CC1. The number of para-hydroxylation sites is 1. The summed E-state index contributed by atoms with van der Waals surface area (Å²) in [7, 11) is 2.20. The quantitative estimate of drug-likeness (QED) is 0.734. The number of rotatable bonds is 6. The Balaban J connectivity index is 0.00000102. The monoisotopic (exact) mass is 308 g/mol. The number of ether oxygens (including phenoxy) is 1. The van der Waals surface area contributed by atoms with Crippen LogP contribution in [0.2, 0.25) is 0 Å². The van der Waals surface area contributed by atoms with Gasteiger partial charge in [-0.1, -0.05) is 45.9 Å². The molecule has 0 bridgehead atoms. The third kappa shape index (κ3) is 9.80. The van der Waals surface area contributed by atoms with Crippen molar-refractivity contribution >= 4 is 0 Å². The van der Waals surface area contributed by atoms with E-state index in [2.05, 4.69) is 16.8 Å². The number of likely N-dealkylation sites (N-methyl/N-ethyl adjacent to an activating group) is 1. The minimum absolute atomic E-state index is 0.831. The molecule has 1 aliphatic rings. The lowest BCUT2D eigenvalue weighted by molar-refractivity contribution is 0.150. The third-order valence-corrected chi connectivity index (χ3v) is 3.48. The van der Waals surface area contributed by atoms with Gasteiger partial charge in [0, 0.05) is 26.2 Å². The predicted molar refractivity (Wildman–Crippen MR) is 97.8 cm³/mol. The van der Waals surface area contributed by atoms with Crippen LogP contribution in [0.5, 0.6) is 5.75 Å². The highest BCUT2D eigenvalue weighted by atomic mass is 16.5. The van der Waals surface area contributed by atoms with E-state index in [1.165, 1.54) is 39.1 Å². The topological polar surface area (TPSA) is 15.7 Å². The van der Waals surface area contributed by atoms with Gasteiger partial charge in [0.05, 0.1) is 6.61 Å². The van der Waals surface area contributed by atoms with E-state index < -0.39 is 0 Å². The number of nitrogens with zero attached hydrogens (tertiary/aromatic N) is 2. The number of hydrogen-bond donors (Lipinski definition) is 0. The lowest BCUT2D eigenvalue weighted by Gasteiger charge is -2.32. The molecule has 0 aliphatic carbocycles. The first-order valence-corrected chi connectivity index (χ1v) is 8.93. The van der Waals surface area contributed by atoms with Gasteiger partial charge >= 0.3 is 0 Å². The molecule has 1 aliphatic heterocycles. The fourth-order valence-corrected chi connectivity index (χ4v) is 2.22. The molecule has 0 aromatic heterocycles. The van der Waals surface area contributed by atoms with Crippen molar-refractivity contribution in [2.24, 2.45) is 0 Å². The zero-order chi connectivity index (χ0) is 16.6. The van der Waals surface area contributed by atoms with Gasteiger partial charge in [0.25, 0.3) is 0 Å². The Labute approximate surface area is 138 Å². The maximum Gasteiger partial charge on any atom is 0.119 e.